The molecule has 1 aliphatic carbocycles. The molecule has 1 aromatic carbocycles. The van der Waals surface area contributed by atoms with Crippen molar-refractivity contribution in [1.29, 1.82) is 0 Å². The summed E-state index contributed by atoms with van der Waals surface area (Å²) in [7, 11) is 0. The van der Waals surface area contributed by atoms with E-state index in [4.69, 9.17) is 0 Å². The van der Waals surface area contributed by atoms with Crippen LogP contribution in [0.25, 0.3) is 16.6 Å². The first-order valence-electron chi connectivity index (χ1n) is 4.52. The third-order valence-electron chi connectivity index (χ3n) is 2.24. The second kappa shape index (κ2) is 2.72. The second-order valence-electron chi connectivity index (χ2n) is 3.19. The Morgan fingerprint density at radius 1 is 1.21 bits per heavy atom. The summed E-state index contributed by atoms with van der Waals surface area (Å²) in [5, 5.41) is 0. The van der Waals surface area contributed by atoms with Crippen molar-refractivity contribution in [3.05, 3.63) is 54.0 Å². The van der Waals surface area contributed by atoms with Crippen molar-refractivity contribution in [3.63, 3.8) is 0 Å². The van der Waals surface area contributed by atoms with Gasteiger partial charge in [0.1, 0.15) is 5.82 Å². The van der Waals surface area contributed by atoms with E-state index in [-0.39, 0.29) is 0 Å². The summed E-state index contributed by atoms with van der Waals surface area (Å²) in [5.74, 6) is 0.885. The van der Waals surface area contributed by atoms with E-state index in [1.165, 1.54) is 0 Å². The largest absolute Gasteiger partial charge is 0.337 e. The Kier molecular flexibility index (Phi) is 1.43. The van der Waals surface area contributed by atoms with Gasteiger partial charge in [0.05, 0.1) is 16.6 Å². The number of aromatic nitrogens is 2. The Balaban J connectivity index is 2.24. The van der Waals surface area contributed by atoms with Gasteiger partial charge >= 0.3 is 0 Å². The van der Waals surface area contributed by atoms with E-state index in [0.29, 0.717) is 0 Å². The standard InChI is InChI=1S/C12H8N2/c1-2-6-9(5-1)12-13-10-7-3-4-8-11(10)14-12/h1-5,7-8H,(H,13,14). The lowest BCUT2D eigenvalue weighted by Gasteiger charge is -1.87. The van der Waals surface area contributed by atoms with Crippen LogP contribution in [0.1, 0.15) is 5.82 Å². The van der Waals surface area contributed by atoms with Gasteiger partial charge in [-0.25, -0.2) is 4.98 Å². The molecule has 3 rings (SSSR count). The van der Waals surface area contributed by atoms with Crippen LogP contribution in [-0.2, 0) is 0 Å². The number of fused-ring (bicyclic) bond motifs is 1. The Hall–Kier alpha value is -2.05. The van der Waals surface area contributed by atoms with Gasteiger partial charge in [-0.3, -0.25) is 0 Å². The molecule has 0 aliphatic heterocycles. The van der Waals surface area contributed by atoms with E-state index in [0.717, 1.165) is 22.4 Å². The van der Waals surface area contributed by atoms with Gasteiger partial charge < -0.3 is 4.98 Å². The van der Waals surface area contributed by atoms with E-state index >= 15 is 0 Å². The zero-order chi connectivity index (χ0) is 9.38. The number of imidazole rings is 1. The molecule has 0 spiro atoms. The number of hydrogen-bond donors (Lipinski definition) is 1. The number of nitrogens with one attached hydrogen (secondary N) is 1. The van der Waals surface area contributed by atoms with Gasteiger partial charge in [-0.15, -0.1) is 5.73 Å². The summed E-state index contributed by atoms with van der Waals surface area (Å²) >= 11 is 0. The summed E-state index contributed by atoms with van der Waals surface area (Å²) in [6.07, 6.45) is 5.85. The Morgan fingerprint density at radius 2 is 2.14 bits per heavy atom. The molecule has 2 heteroatoms. The molecule has 0 radical (unpaired) electrons. The molecule has 0 saturated heterocycles. The predicted octanol–water partition coefficient (Wildman–Crippen LogP) is 2.67. The van der Waals surface area contributed by atoms with Gasteiger partial charge in [0.2, 0.25) is 0 Å². The van der Waals surface area contributed by atoms with Gasteiger partial charge in [0, 0.05) is 0 Å². The minimum absolute atomic E-state index is 0.885. The number of nitrogens with zero attached hydrogens (tertiary/aromatic N) is 1. The highest BCUT2D eigenvalue weighted by molar-refractivity contribution is 5.81. The molecule has 14 heavy (non-hydrogen) atoms. The number of para-hydroxylation sites is 2. The van der Waals surface area contributed by atoms with Gasteiger partial charge in [0.25, 0.3) is 0 Å². The number of benzene rings is 1. The van der Waals surface area contributed by atoms with Crippen LogP contribution in [-0.4, -0.2) is 9.97 Å². The fourth-order valence-corrected chi connectivity index (χ4v) is 1.56. The molecule has 0 saturated carbocycles. The molecule has 1 N–H and O–H groups in total. The van der Waals surface area contributed by atoms with E-state index < -0.39 is 0 Å². The Morgan fingerprint density at radius 3 is 2.93 bits per heavy atom. The molecule has 0 bridgehead atoms. The summed E-state index contributed by atoms with van der Waals surface area (Å²) in [5.41, 5.74) is 6.20. The van der Waals surface area contributed by atoms with Crippen LogP contribution in [0, 0.1) is 0 Å². The summed E-state index contributed by atoms with van der Waals surface area (Å²) in [6.45, 7) is 0. The fraction of sp³-hybridized carbons (Fsp3) is 0. The highest BCUT2D eigenvalue weighted by Crippen LogP contribution is 2.18. The van der Waals surface area contributed by atoms with Crippen molar-refractivity contribution in [2.75, 3.05) is 0 Å². The average Bonchev–Trinajstić information content (AvgIpc) is 2.86. The van der Waals surface area contributed by atoms with Gasteiger partial charge in [-0.05, 0) is 24.3 Å². The molecule has 1 heterocycles. The monoisotopic (exact) mass is 180 g/mol. The van der Waals surface area contributed by atoms with Gasteiger partial charge in [-0.1, -0.05) is 18.2 Å². The lowest BCUT2D eigenvalue weighted by Crippen LogP contribution is -1.79. The van der Waals surface area contributed by atoms with E-state index in [9.17, 15) is 0 Å². The highest BCUT2D eigenvalue weighted by atomic mass is 14.9. The smallest absolute Gasteiger partial charge is 0.146 e. The number of H-pyrrole nitrogens is 1. The Labute approximate surface area is 81.3 Å². The normalized spacial score (nSPS) is 13.9. The van der Waals surface area contributed by atoms with Crippen LogP contribution >= 0.6 is 0 Å². The zero-order valence-corrected chi connectivity index (χ0v) is 7.49. The fourth-order valence-electron chi connectivity index (χ4n) is 1.56. The van der Waals surface area contributed by atoms with Crippen molar-refractivity contribution < 1.29 is 0 Å². The van der Waals surface area contributed by atoms with Crippen LogP contribution in [0.3, 0.4) is 0 Å². The molecule has 2 nitrogen and oxygen atoms in total. The molecule has 0 fully saturated rings. The summed E-state index contributed by atoms with van der Waals surface area (Å²) < 4.78 is 0. The zero-order valence-electron chi connectivity index (χ0n) is 7.49. The quantitative estimate of drug-likeness (QED) is 0.671. The third-order valence-corrected chi connectivity index (χ3v) is 2.24. The van der Waals surface area contributed by atoms with Crippen LogP contribution in [0.5, 0.6) is 0 Å². The van der Waals surface area contributed by atoms with Gasteiger partial charge in [0.15, 0.2) is 0 Å². The summed E-state index contributed by atoms with van der Waals surface area (Å²) in [6, 6.07) is 8.01. The van der Waals surface area contributed by atoms with E-state index in [2.05, 4.69) is 15.7 Å². The average molecular weight is 180 g/mol. The highest BCUT2D eigenvalue weighted by Gasteiger charge is 2.05. The second-order valence-corrected chi connectivity index (χ2v) is 3.19. The molecule has 0 atom stereocenters. The van der Waals surface area contributed by atoms with Crippen molar-refractivity contribution in [1.82, 2.24) is 9.97 Å². The lowest BCUT2D eigenvalue weighted by atomic mass is 10.3. The number of rotatable bonds is 1. The molecule has 2 aromatic rings. The molecule has 0 unspecified atom stereocenters. The maximum atomic E-state index is 4.47. The van der Waals surface area contributed by atoms with Crippen LogP contribution in [0.4, 0.5) is 0 Å². The van der Waals surface area contributed by atoms with Crippen molar-refractivity contribution in [3.8, 4) is 0 Å². The topological polar surface area (TPSA) is 28.7 Å². The number of hydrogen-bond acceptors (Lipinski definition) is 1. The van der Waals surface area contributed by atoms with Crippen molar-refractivity contribution in [2.45, 2.75) is 0 Å². The van der Waals surface area contributed by atoms with Gasteiger partial charge in [-0.2, -0.15) is 0 Å². The third kappa shape index (κ3) is 1.02. The minimum Gasteiger partial charge on any atom is -0.337 e. The first-order chi connectivity index (χ1) is 6.93. The maximum Gasteiger partial charge on any atom is 0.146 e. The number of allylic oxidation sites excluding steroid dienone is 3. The molecule has 1 aliphatic rings. The molecular formula is C12H8N2. The number of aromatic amines is 1. The molecule has 0 amide bonds. The molecular weight excluding hydrogens is 172 g/mol. The van der Waals surface area contributed by atoms with Crippen molar-refractivity contribution in [2.24, 2.45) is 0 Å². The maximum absolute atomic E-state index is 4.47. The first kappa shape index (κ1) is 7.36. The van der Waals surface area contributed by atoms with E-state index in [1.807, 2.05) is 42.5 Å². The van der Waals surface area contributed by atoms with Crippen LogP contribution < -0.4 is 0 Å². The summed E-state index contributed by atoms with van der Waals surface area (Å²) in [4.78, 5) is 7.72. The van der Waals surface area contributed by atoms with Crippen LogP contribution in [0.15, 0.2) is 48.2 Å². The predicted molar refractivity (Wildman–Crippen MR) is 56.7 cm³/mol. The lowest BCUT2D eigenvalue weighted by molar-refractivity contribution is 1.27. The molecule has 66 valence electrons. The van der Waals surface area contributed by atoms with Crippen molar-refractivity contribution >= 4 is 16.6 Å². The van der Waals surface area contributed by atoms with Crippen LogP contribution in [0.2, 0.25) is 0 Å². The molecule has 1 aromatic heterocycles. The first-order valence-corrected chi connectivity index (χ1v) is 4.52. The Bertz CT molecular complexity index is 548. The SMILES string of the molecule is C1=CC=CC=1c1nc2ccccc2[nH]1. The van der Waals surface area contributed by atoms with E-state index in [1.54, 1.807) is 0 Å². The minimum atomic E-state index is 0.885.